The molecule has 1 aliphatic rings. The average Bonchev–Trinajstić information content (AvgIpc) is 3.50. The Hall–Kier alpha value is -4.76. The molecule has 1 aromatic heterocycles. The van der Waals surface area contributed by atoms with Crippen LogP contribution in [-0.2, 0) is 0 Å². The highest BCUT2D eigenvalue weighted by Crippen LogP contribution is 2.37. The molecule has 0 radical (unpaired) electrons. The Balaban J connectivity index is 1.41. The number of hydrogen-bond donors (Lipinski definition) is 2. The van der Waals surface area contributed by atoms with E-state index in [1.165, 1.54) is 18.2 Å². The number of anilines is 2. The largest absolute Gasteiger partial charge is 0.478 e. The fourth-order valence-electron chi connectivity index (χ4n) is 4.73. The fraction of sp³-hybridized carbons (Fsp3) is 0.0968. The summed E-state index contributed by atoms with van der Waals surface area (Å²) in [4.78, 5) is 43.7. The summed E-state index contributed by atoms with van der Waals surface area (Å²) in [5.74, 6) is -1.93. The fourth-order valence-corrected chi connectivity index (χ4v) is 5.00. The molecule has 2 amide bonds. The number of carboxylic acids is 1. The number of amides is 2. The summed E-state index contributed by atoms with van der Waals surface area (Å²) in [5.41, 5.74) is 5.13. The Labute approximate surface area is 237 Å². The van der Waals surface area contributed by atoms with E-state index in [-0.39, 0.29) is 16.7 Å². The van der Waals surface area contributed by atoms with Crippen LogP contribution in [0.15, 0.2) is 87.8 Å². The van der Waals surface area contributed by atoms with E-state index in [2.05, 4.69) is 21.2 Å². The van der Waals surface area contributed by atoms with E-state index in [0.717, 1.165) is 32.6 Å². The zero-order chi connectivity index (χ0) is 28.0. The van der Waals surface area contributed by atoms with Crippen molar-refractivity contribution in [2.45, 2.75) is 13.3 Å². The van der Waals surface area contributed by atoms with Gasteiger partial charge in [0.05, 0.1) is 27.9 Å². The second-order valence-corrected chi connectivity index (χ2v) is 10.3. The molecule has 40 heavy (non-hydrogen) atoms. The van der Waals surface area contributed by atoms with Gasteiger partial charge < -0.3 is 14.8 Å². The normalized spacial score (nSPS) is 12.7. The SMILES string of the molecule is CCCNc1ccc(N2C(=O)c3ccc(C(=O)O)cc3C2=O)cc1-c1nc2cc(-c3ccc(Br)cc3)ccc2o1. The average molecular weight is 596 g/mol. The standard InChI is InChI=1S/C31H22BrN3O5/c1-2-13-33-25-11-9-21(35-29(36)22-10-5-19(31(38)39)14-23(22)30(35)37)16-24(25)28-34-26-15-18(6-12-27(26)40-28)17-3-7-20(32)8-4-17/h3-12,14-16,33H,2,13H2,1H3,(H,38,39). The monoisotopic (exact) mass is 595 g/mol. The molecule has 5 aromatic rings. The number of hydrogen-bond acceptors (Lipinski definition) is 6. The summed E-state index contributed by atoms with van der Waals surface area (Å²) in [6.07, 6.45) is 0.885. The Kier molecular flexibility index (Phi) is 6.43. The minimum atomic E-state index is -1.17. The number of nitrogens with one attached hydrogen (secondary N) is 1. The van der Waals surface area contributed by atoms with Gasteiger partial charge in [-0.05, 0) is 78.2 Å². The molecular weight excluding hydrogens is 574 g/mol. The molecule has 2 N–H and O–H groups in total. The van der Waals surface area contributed by atoms with Crippen LogP contribution in [-0.4, -0.2) is 34.4 Å². The van der Waals surface area contributed by atoms with Gasteiger partial charge in [-0.25, -0.2) is 14.7 Å². The van der Waals surface area contributed by atoms with Crippen LogP contribution >= 0.6 is 15.9 Å². The first-order chi connectivity index (χ1) is 19.3. The number of aromatic nitrogens is 1. The third-order valence-electron chi connectivity index (χ3n) is 6.76. The second-order valence-electron chi connectivity index (χ2n) is 9.38. The predicted octanol–water partition coefficient (Wildman–Crippen LogP) is 7.25. The number of carboxylic acid groups (broad SMARTS) is 1. The van der Waals surface area contributed by atoms with Gasteiger partial charge in [0, 0.05) is 16.7 Å². The topological polar surface area (TPSA) is 113 Å². The van der Waals surface area contributed by atoms with Crippen molar-refractivity contribution in [1.82, 2.24) is 4.98 Å². The molecule has 1 aliphatic heterocycles. The summed E-state index contributed by atoms with van der Waals surface area (Å²) < 4.78 is 7.14. The maximum atomic E-state index is 13.3. The number of carbonyl (C=O) groups is 3. The highest BCUT2D eigenvalue weighted by Gasteiger charge is 2.37. The van der Waals surface area contributed by atoms with Gasteiger partial charge in [0.25, 0.3) is 11.8 Å². The zero-order valence-corrected chi connectivity index (χ0v) is 22.9. The minimum Gasteiger partial charge on any atom is -0.478 e. The van der Waals surface area contributed by atoms with Crippen molar-refractivity contribution in [1.29, 1.82) is 0 Å². The first-order valence-electron chi connectivity index (χ1n) is 12.6. The molecular formula is C31H22BrN3O5. The van der Waals surface area contributed by atoms with Gasteiger partial charge in [0.1, 0.15) is 5.52 Å². The van der Waals surface area contributed by atoms with Crippen LogP contribution in [0.3, 0.4) is 0 Å². The highest BCUT2D eigenvalue weighted by atomic mass is 79.9. The summed E-state index contributed by atoms with van der Waals surface area (Å²) in [6, 6.07) is 22.9. The van der Waals surface area contributed by atoms with Gasteiger partial charge in [-0.1, -0.05) is 41.1 Å². The number of halogens is 1. The van der Waals surface area contributed by atoms with Crippen LogP contribution in [0.2, 0.25) is 0 Å². The minimum absolute atomic E-state index is 0.0574. The van der Waals surface area contributed by atoms with E-state index in [1.54, 1.807) is 18.2 Å². The van der Waals surface area contributed by atoms with E-state index in [1.807, 2.05) is 49.4 Å². The van der Waals surface area contributed by atoms with Gasteiger partial charge in [-0.3, -0.25) is 9.59 Å². The molecule has 2 heterocycles. The first-order valence-corrected chi connectivity index (χ1v) is 13.4. The number of fused-ring (bicyclic) bond motifs is 2. The van der Waals surface area contributed by atoms with Crippen molar-refractivity contribution in [3.8, 4) is 22.6 Å². The van der Waals surface area contributed by atoms with Gasteiger partial charge >= 0.3 is 5.97 Å². The zero-order valence-electron chi connectivity index (χ0n) is 21.3. The summed E-state index contributed by atoms with van der Waals surface area (Å²) in [7, 11) is 0. The van der Waals surface area contributed by atoms with E-state index in [9.17, 15) is 19.5 Å². The van der Waals surface area contributed by atoms with E-state index >= 15 is 0 Å². The van der Waals surface area contributed by atoms with E-state index in [4.69, 9.17) is 9.40 Å². The van der Waals surface area contributed by atoms with Crippen molar-refractivity contribution in [2.24, 2.45) is 0 Å². The van der Waals surface area contributed by atoms with Gasteiger partial charge in [-0.2, -0.15) is 0 Å². The number of nitrogens with zero attached hydrogens (tertiary/aromatic N) is 2. The predicted molar refractivity (Wildman–Crippen MR) is 156 cm³/mol. The van der Waals surface area contributed by atoms with Crippen molar-refractivity contribution in [2.75, 3.05) is 16.8 Å². The lowest BCUT2D eigenvalue weighted by atomic mass is 10.1. The molecule has 0 saturated carbocycles. The molecule has 0 spiro atoms. The summed E-state index contributed by atoms with van der Waals surface area (Å²) >= 11 is 3.46. The van der Waals surface area contributed by atoms with Crippen molar-refractivity contribution < 1.29 is 23.9 Å². The lowest BCUT2D eigenvalue weighted by Crippen LogP contribution is -2.29. The highest BCUT2D eigenvalue weighted by molar-refractivity contribution is 9.10. The molecule has 4 aromatic carbocycles. The van der Waals surface area contributed by atoms with Crippen molar-refractivity contribution >= 4 is 56.2 Å². The maximum Gasteiger partial charge on any atom is 0.335 e. The first kappa shape index (κ1) is 25.5. The van der Waals surface area contributed by atoms with Gasteiger partial charge in [0.2, 0.25) is 5.89 Å². The Morgan fingerprint density at radius 2 is 1.65 bits per heavy atom. The van der Waals surface area contributed by atoms with Crippen LogP contribution in [0, 0.1) is 0 Å². The van der Waals surface area contributed by atoms with Crippen molar-refractivity contribution in [3.63, 3.8) is 0 Å². The number of imide groups is 1. The Bertz CT molecular complexity index is 1830. The Morgan fingerprint density at radius 3 is 2.40 bits per heavy atom. The number of benzene rings is 4. The molecule has 8 nitrogen and oxygen atoms in total. The maximum absolute atomic E-state index is 13.3. The smallest absolute Gasteiger partial charge is 0.335 e. The summed E-state index contributed by atoms with van der Waals surface area (Å²) in [6.45, 7) is 2.75. The second kappa shape index (κ2) is 10.1. The van der Waals surface area contributed by atoms with E-state index < -0.39 is 17.8 Å². The lowest BCUT2D eigenvalue weighted by molar-refractivity contribution is 0.0696. The summed E-state index contributed by atoms with van der Waals surface area (Å²) in [5, 5.41) is 12.7. The third-order valence-corrected chi connectivity index (χ3v) is 7.28. The number of oxazole rings is 1. The quantitative estimate of drug-likeness (QED) is 0.190. The Morgan fingerprint density at radius 1 is 0.900 bits per heavy atom. The van der Waals surface area contributed by atoms with Crippen molar-refractivity contribution in [3.05, 3.63) is 100 Å². The van der Waals surface area contributed by atoms with Crippen LogP contribution in [0.25, 0.3) is 33.7 Å². The molecule has 0 atom stereocenters. The molecule has 6 rings (SSSR count). The number of carbonyl (C=O) groups excluding carboxylic acids is 2. The molecule has 9 heteroatoms. The van der Waals surface area contributed by atoms with Gasteiger partial charge in [0.15, 0.2) is 5.58 Å². The number of aromatic carboxylic acids is 1. The molecule has 0 aliphatic carbocycles. The molecule has 0 fully saturated rings. The third kappa shape index (κ3) is 4.44. The van der Waals surface area contributed by atoms with Crippen LogP contribution in [0.5, 0.6) is 0 Å². The van der Waals surface area contributed by atoms with Gasteiger partial charge in [-0.15, -0.1) is 0 Å². The molecule has 198 valence electrons. The lowest BCUT2D eigenvalue weighted by Gasteiger charge is -2.17. The van der Waals surface area contributed by atoms with Crippen LogP contribution < -0.4 is 10.2 Å². The molecule has 0 unspecified atom stereocenters. The van der Waals surface area contributed by atoms with E-state index in [0.29, 0.717) is 34.8 Å². The van der Waals surface area contributed by atoms with Crippen LogP contribution in [0.4, 0.5) is 11.4 Å². The van der Waals surface area contributed by atoms with Crippen LogP contribution in [0.1, 0.15) is 44.4 Å². The number of rotatable bonds is 7. The molecule has 0 saturated heterocycles. The molecule has 0 bridgehead atoms.